The molecular formula is C16H24N2O3S. The molecule has 1 aromatic rings. The highest BCUT2D eigenvalue weighted by Gasteiger charge is 2.24. The molecule has 0 radical (unpaired) electrons. The van der Waals surface area contributed by atoms with E-state index in [2.05, 4.69) is 10.0 Å². The first-order valence-corrected chi connectivity index (χ1v) is 9.38. The van der Waals surface area contributed by atoms with Gasteiger partial charge in [0.05, 0.1) is 11.7 Å². The van der Waals surface area contributed by atoms with Crippen LogP contribution < -0.4 is 10.0 Å². The molecule has 0 aliphatic heterocycles. The summed E-state index contributed by atoms with van der Waals surface area (Å²) in [4.78, 5) is 12.1. The summed E-state index contributed by atoms with van der Waals surface area (Å²) in [5.41, 5.74) is 1.58. The van der Waals surface area contributed by atoms with Crippen LogP contribution in [0.3, 0.4) is 0 Å². The molecule has 6 heteroatoms. The number of anilines is 1. The van der Waals surface area contributed by atoms with Gasteiger partial charge in [0, 0.05) is 11.7 Å². The number of aryl methyl sites for hydroxylation is 1. The number of sulfonamides is 1. The summed E-state index contributed by atoms with van der Waals surface area (Å²) < 4.78 is 26.8. The Kier molecular flexibility index (Phi) is 5.45. The molecule has 1 saturated carbocycles. The monoisotopic (exact) mass is 324 g/mol. The predicted octanol–water partition coefficient (Wildman–Crippen LogP) is 2.43. The molecule has 0 spiro atoms. The second-order valence-electron chi connectivity index (χ2n) is 6.14. The van der Waals surface area contributed by atoms with Crippen molar-refractivity contribution in [2.45, 2.75) is 45.6 Å². The number of nitrogens with one attached hydrogen (secondary N) is 2. The van der Waals surface area contributed by atoms with Crippen molar-refractivity contribution < 1.29 is 13.2 Å². The zero-order chi connectivity index (χ0) is 16.2. The van der Waals surface area contributed by atoms with Crippen molar-refractivity contribution in [3.8, 4) is 0 Å². The van der Waals surface area contributed by atoms with Gasteiger partial charge in [-0.15, -0.1) is 0 Å². The third kappa shape index (κ3) is 5.02. The van der Waals surface area contributed by atoms with Gasteiger partial charge in [0.1, 0.15) is 0 Å². The SMILES string of the molecule is Cc1ccc(NS(=O)(=O)CC(C)C(=O)NC2CCCC2)cc1. The van der Waals surface area contributed by atoms with Crippen molar-refractivity contribution in [1.82, 2.24) is 5.32 Å². The molecule has 122 valence electrons. The Bertz CT molecular complexity index is 605. The van der Waals surface area contributed by atoms with Crippen LogP contribution in [-0.2, 0) is 14.8 Å². The van der Waals surface area contributed by atoms with Gasteiger partial charge < -0.3 is 5.32 Å². The average Bonchev–Trinajstić information content (AvgIpc) is 2.93. The maximum atomic E-state index is 12.1. The van der Waals surface area contributed by atoms with E-state index in [0.29, 0.717) is 5.69 Å². The second kappa shape index (κ2) is 7.13. The third-order valence-corrected chi connectivity index (χ3v) is 5.43. The Morgan fingerprint density at radius 2 is 1.82 bits per heavy atom. The Morgan fingerprint density at radius 1 is 1.23 bits per heavy atom. The molecule has 1 aliphatic rings. The van der Waals surface area contributed by atoms with Gasteiger partial charge >= 0.3 is 0 Å². The molecule has 1 aromatic carbocycles. The number of hydrogen-bond donors (Lipinski definition) is 2. The lowest BCUT2D eigenvalue weighted by atomic mass is 10.1. The van der Waals surface area contributed by atoms with Crippen molar-refractivity contribution in [2.75, 3.05) is 10.5 Å². The summed E-state index contributed by atoms with van der Waals surface area (Å²) >= 11 is 0. The van der Waals surface area contributed by atoms with Crippen LogP contribution in [0.15, 0.2) is 24.3 Å². The quantitative estimate of drug-likeness (QED) is 0.844. The fraction of sp³-hybridized carbons (Fsp3) is 0.562. The number of amides is 1. The summed E-state index contributed by atoms with van der Waals surface area (Å²) in [6, 6.07) is 7.33. The summed E-state index contributed by atoms with van der Waals surface area (Å²) in [6.45, 7) is 3.59. The molecule has 0 aromatic heterocycles. The number of carbonyl (C=O) groups is 1. The molecule has 0 bridgehead atoms. The summed E-state index contributed by atoms with van der Waals surface area (Å²) in [5, 5.41) is 2.94. The largest absolute Gasteiger partial charge is 0.353 e. The highest BCUT2D eigenvalue weighted by molar-refractivity contribution is 7.92. The van der Waals surface area contributed by atoms with Crippen molar-refractivity contribution in [3.63, 3.8) is 0 Å². The van der Waals surface area contributed by atoms with E-state index in [1.54, 1.807) is 19.1 Å². The van der Waals surface area contributed by atoms with Crippen LogP contribution in [0.1, 0.15) is 38.2 Å². The summed E-state index contributed by atoms with van der Waals surface area (Å²) in [6.07, 6.45) is 4.25. The number of rotatable bonds is 6. The van der Waals surface area contributed by atoms with Crippen molar-refractivity contribution in [2.24, 2.45) is 5.92 Å². The lowest BCUT2D eigenvalue weighted by Gasteiger charge is -2.17. The van der Waals surface area contributed by atoms with Gasteiger partial charge in [-0.25, -0.2) is 8.42 Å². The number of benzene rings is 1. The molecular weight excluding hydrogens is 300 g/mol. The van der Waals surface area contributed by atoms with Crippen molar-refractivity contribution in [1.29, 1.82) is 0 Å². The lowest BCUT2D eigenvalue weighted by molar-refractivity contribution is -0.124. The van der Waals surface area contributed by atoms with Crippen LogP contribution in [0.2, 0.25) is 0 Å². The zero-order valence-electron chi connectivity index (χ0n) is 13.1. The van der Waals surface area contributed by atoms with Crippen LogP contribution in [-0.4, -0.2) is 26.1 Å². The van der Waals surface area contributed by atoms with E-state index in [1.165, 1.54) is 0 Å². The van der Waals surface area contributed by atoms with E-state index in [9.17, 15) is 13.2 Å². The molecule has 2 rings (SSSR count). The number of hydrogen-bond acceptors (Lipinski definition) is 3. The molecule has 1 unspecified atom stereocenters. The zero-order valence-corrected chi connectivity index (χ0v) is 13.9. The number of carbonyl (C=O) groups excluding carboxylic acids is 1. The van der Waals surface area contributed by atoms with E-state index < -0.39 is 15.9 Å². The highest BCUT2D eigenvalue weighted by Crippen LogP contribution is 2.18. The standard InChI is InChI=1S/C16H24N2O3S/c1-12-7-9-15(10-8-12)18-22(20,21)11-13(2)16(19)17-14-5-3-4-6-14/h7-10,13-14,18H,3-6,11H2,1-2H3,(H,17,19). The minimum atomic E-state index is -3.54. The predicted molar refractivity (Wildman–Crippen MR) is 88.2 cm³/mol. The maximum absolute atomic E-state index is 12.1. The molecule has 1 atom stereocenters. The van der Waals surface area contributed by atoms with Gasteiger partial charge in [-0.3, -0.25) is 9.52 Å². The first-order valence-electron chi connectivity index (χ1n) is 7.73. The molecule has 1 amide bonds. The molecule has 1 aliphatic carbocycles. The minimum Gasteiger partial charge on any atom is -0.353 e. The van der Waals surface area contributed by atoms with Gasteiger partial charge in [0.25, 0.3) is 0 Å². The third-order valence-electron chi connectivity index (χ3n) is 3.94. The highest BCUT2D eigenvalue weighted by atomic mass is 32.2. The van der Waals surface area contributed by atoms with Gasteiger partial charge in [-0.05, 0) is 31.9 Å². The van der Waals surface area contributed by atoms with Gasteiger partial charge in [0.15, 0.2) is 0 Å². The van der Waals surface area contributed by atoms with E-state index in [-0.39, 0.29) is 17.7 Å². The Morgan fingerprint density at radius 3 is 2.41 bits per heavy atom. The summed E-state index contributed by atoms with van der Waals surface area (Å²) in [5.74, 6) is -0.955. The smallest absolute Gasteiger partial charge is 0.233 e. The molecule has 5 nitrogen and oxygen atoms in total. The Balaban J connectivity index is 1.89. The Hall–Kier alpha value is -1.56. The van der Waals surface area contributed by atoms with Gasteiger partial charge in [0.2, 0.25) is 15.9 Å². The van der Waals surface area contributed by atoms with Crippen LogP contribution in [0.5, 0.6) is 0 Å². The topological polar surface area (TPSA) is 75.3 Å². The van der Waals surface area contributed by atoms with E-state index in [0.717, 1.165) is 31.2 Å². The van der Waals surface area contributed by atoms with Crippen molar-refractivity contribution in [3.05, 3.63) is 29.8 Å². The second-order valence-corrected chi connectivity index (χ2v) is 7.91. The van der Waals surface area contributed by atoms with E-state index in [4.69, 9.17) is 0 Å². The van der Waals surface area contributed by atoms with Crippen LogP contribution in [0.25, 0.3) is 0 Å². The first kappa shape index (κ1) is 16.8. The fourth-order valence-corrected chi connectivity index (χ4v) is 4.05. The lowest BCUT2D eigenvalue weighted by Crippen LogP contribution is -2.39. The maximum Gasteiger partial charge on any atom is 0.233 e. The van der Waals surface area contributed by atoms with Gasteiger partial charge in [-0.2, -0.15) is 0 Å². The van der Waals surface area contributed by atoms with Crippen LogP contribution >= 0.6 is 0 Å². The molecule has 22 heavy (non-hydrogen) atoms. The van der Waals surface area contributed by atoms with Crippen LogP contribution in [0, 0.1) is 12.8 Å². The first-order chi connectivity index (χ1) is 10.4. The average molecular weight is 324 g/mol. The van der Waals surface area contributed by atoms with E-state index >= 15 is 0 Å². The van der Waals surface area contributed by atoms with E-state index in [1.807, 2.05) is 19.1 Å². The van der Waals surface area contributed by atoms with Gasteiger partial charge in [-0.1, -0.05) is 37.5 Å². The Labute approximate surface area is 132 Å². The summed E-state index contributed by atoms with van der Waals surface area (Å²) in [7, 11) is -3.54. The normalized spacial score (nSPS) is 17.2. The minimum absolute atomic E-state index is 0.179. The molecule has 0 heterocycles. The molecule has 0 saturated heterocycles. The van der Waals surface area contributed by atoms with Crippen LogP contribution in [0.4, 0.5) is 5.69 Å². The molecule has 2 N–H and O–H groups in total. The van der Waals surface area contributed by atoms with Crippen molar-refractivity contribution >= 4 is 21.6 Å². The fourth-order valence-electron chi connectivity index (χ4n) is 2.66. The molecule has 1 fully saturated rings.